The lowest BCUT2D eigenvalue weighted by atomic mass is 10.1. The predicted octanol–water partition coefficient (Wildman–Crippen LogP) is 1.94. The number of nitrogens with zero attached hydrogens (tertiary/aromatic N) is 4. The van der Waals surface area contributed by atoms with Crippen molar-refractivity contribution in [2.24, 2.45) is 4.99 Å². The number of halogens is 2. The Bertz CT molecular complexity index is 692. The van der Waals surface area contributed by atoms with Gasteiger partial charge in [-0.05, 0) is 24.6 Å². The van der Waals surface area contributed by atoms with Crippen LogP contribution in [0.4, 0.5) is 0 Å². The lowest BCUT2D eigenvalue weighted by Gasteiger charge is -2.36. The molecule has 2 fully saturated rings. The van der Waals surface area contributed by atoms with Crippen molar-refractivity contribution in [2.45, 2.75) is 13.3 Å². The highest BCUT2D eigenvalue weighted by Crippen LogP contribution is 2.13. The second kappa shape index (κ2) is 13.3. The molecule has 0 radical (unpaired) electrons. The summed E-state index contributed by atoms with van der Waals surface area (Å²) in [6.07, 6.45) is 0.397. The summed E-state index contributed by atoms with van der Waals surface area (Å²) in [6.45, 7) is 11.3. The van der Waals surface area contributed by atoms with Gasteiger partial charge in [-0.1, -0.05) is 23.7 Å². The molecule has 0 saturated carbocycles. The van der Waals surface area contributed by atoms with E-state index in [0.29, 0.717) is 24.5 Å². The van der Waals surface area contributed by atoms with E-state index in [-0.39, 0.29) is 29.9 Å². The lowest BCUT2D eigenvalue weighted by Crippen LogP contribution is -2.54. The van der Waals surface area contributed by atoms with E-state index in [1.807, 2.05) is 29.2 Å². The van der Waals surface area contributed by atoms with Crippen LogP contribution in [0.3, 0.4) is 0 Å². The van der Waals surface area contributed by atoms with Crippen LogP contribution in [0.15, 0.2) is 29.3 Å². The molecule has 0 aromatic heterocycles. The second-order valence-electron chi connectivity index (χ2n) is 7.36. The van der Waals surface area contributed by atoms with Crippen molar-refractivity contribution in [3.05, 3.63) is 34.9 Å². The van der Waals surface area contributed by atoms with Gasteiger partial charge >= 0.3 is 0 Å². The third-order valence-corrected chi connectivity index (χ3v) is 5.53. The summed E-state index contributed by atoms with van der Waals surface area (Å²) in [5.74, 6) is 1.10. The average molecular weight is 550 g/mol. The van der Waals surface area contributed by atoms with E-state index in [1.165, 1.54) is 0 Å². The topological polar surface area (TPSA) is 60.4 Å². The molecular formula is C21H33ClIN5O2. The van der Waals surface area contributed by atoms with E-state index in [1.54, 1.807) is 0 Å². The molecule has 0 bridgehead atoms. The van der Waals surface area contributed by atoms with E-state index in [9.17, 15) is 4.79 Å². The molecule has 30 heavy (non-hydrogen) atoms. The van der Waals surface area contributed by atoms with Crippen LogP contribution in [-0.2, 0) is 16.0 Å². The molecule has 0 atom stereocenters. The molecule has 2 heterocycles. The van der Waals surface area contributed by atoms with E-state index < -0.39 is 0 Å². The Morgan fingerprint density at radius 1 is 1.13 bits per heavy atom. The number of carbonyl (C=O) groups is 1. The maximum Gasteiger partial charge on any atom is 0.227 e. The molecule has 2 aliphatic heterocycles. The summed E-state index contributed by atoms with van der Waals surface area (Å²) in [4.78, 5) is 24.0. The molecule has 3 rings (SSSR count). The molecule has 7 nitrogen and oxygen atoms in total. The van der Waals surface area contributed by atoms with Gasteiger partial charge in [0.25, 0.3) is 0 Å². The normalized spacial score (nSPS) is 18.1. The Labute approximate surface area is 201 Å². The fourth-order valence-corrected chi connectivity index (χ4v) is 3.86. The number of aliphatic imine (C=N–C) groups is 1. The zero-order valence-electron chi connectivity index (χ0n) is 17.7. The Morgan fingerprint density at radius 2 is 1.83 bits per heavy atom. The summed E-state index contributed by atoms with van der Waals surface area (Å²) in [5.41, 5.74) is 0.961. The summed E-state index contributed by atoms with van der Waals surface area (Å²) in [5, 5.41) is 4.06. The molecular weight excluding hydrogens is 517 g/mol. The Balaban J connectivity index is 0.00000320. The van der Waals surface area contributed by atoms with Gasteiger partial charge in [-0.3, -0.25) is 14.7 Å². The number of rotatable bonds is 6. The summed E-state index contributed by atoms with van der Waals surface area (Å²) in [6, 6.07) is 7.53. The number of morpholine rings is 1. The number of amides is 1. The molecule has 1 aromatic carbocycles. The van der Waals surface area contributed by atoms with E-state index >= 15 is 0 Å². The highest BCUT2D eigenvalue weighted by Gasteiger charge is 2.23. The molecule has 1 N–H and O–H groups in total. The minimum atomic E-state index is 0. The largest absolute Gasteiger partial charge is 0.379 e. The van der Waals surface area contributed by atoms with Gasteiger partial charge in [0.15, 0.2) is 5.96 Å². The first-order valence-corrected chi connectivity index (χ1v) is 10.9. The molecule has 0 unspecified atom stereocenters. The lowest BCUT2D eigenvalue weighted by molar-refractivity contribution is -0.131. The number of carbonyl (C=O) groups excluding carboxylic acids is 1. The van der Waals surface area contributed by atoms with Crippen LogP contribution in [0.5, 0.6) is 0 Å². The van der Waals surface area contributed by atoms with E-state index in [4.69, 9.17) is 21.3 Å². The zero-order chi connectivity index (χ0) is 20.5. The Morgan fingerprint density at radius 3 is 2.50 bits per heavy atom. The van der Waals surface area contributed by atoms with Gasteiger partial charge < -0.3 is 19.9 Å². The van der Waals surface area contributed by atoms with Gasteiger partial charge in [-0.15, -0.1) is 24.0 Å². The molecule has 2 aliphatic rings. The van der Waals surface area contributed by atoms with Crippen molar-refractivity contribution in [2.75, 3.05) is 72.1 Å². The van der Waals surface area contributed by atoms with Gasteiger partial charge in [0.1, 0.15) is 0 Å². The van der Waals surface area contributed by atoms with Crippen LogP contribution in [0.1, 0.15) is 12.5 Å². The number of nitrogens with one attached hydrogen (secondary N) is 1. The fraction of sp³-hybridized carbons (Fsp3) is 0.619. The number of benzene rings is 1. The zero-order valence-corrected chi connectivity index (χ0v) is 20.8. The summed E-state index contributed by atoms with van der Waals surface area (Å²) in [7, 11) is 0. The standard InChI is InChI=1S/C21H32ClN5O2.HI/c1-2-23-21(24-6-7-25-12-14-29-15-13-25)27-10-8-26(9-11-27)20(28)17-18-4-3-5-19(22)16-18;/h3-5,16H,2,6-15,17H2,1H3,(H,23,24);1H. The van der Waals surface area contributed by atoms with Crippen LogP contribution in [0.2, 0.25) is 5.02 Å². The summed E-state index contributed by atoms with van der Waals surface area (Å²) < 4.78 is 5.40. The van der Waals surface area contributed by atoms with Crippen LogP contribution in [-0.4, -0.2) is 98.7 Å². The quantitative estimate of drug-likeness (QED) is 0.334. The molecule has 9 heteroatoms. The van der Waals surface area contributed by atoms with Crippen LogP contribution >= 0.6 is 35.6 Å². The van der Waals surface area contributed by atoms with Crippen molar-refractivity contribution in [1.82, 2.24) is 20.0 Å². The average Bonchev–Trinajstić information content (AvgIpc) is 2.74. The number of hydrogen-bond acceptors (Lipinski definition) is 4. The van der Waals surface area contributed by atoms with Crippen molar-refractivity contribution < 1.29 is 9.53 Å². The number of guanidine groups is 1. The summed E-state index contributed by atoms with van der Waals surface area (Å²) >= 11 is 6.03. The molecule has 168 valence electrons. The SMILES string of the molecule is CCNC(=NCCN1CCOCC1)N1CCN(C(=O)Cc2cccc(Cl)c2)CC1.I. The van der Waals surface area contributed by atoms with Crippen molar-refractivity contribution in [3.63, 3.8) is 0 Å². The highest BCUT2D eigenvalue weighted by atomic mass is 127. The first-order chi connectivity index (χ1) is 14.2. The van der Waals surface area contributed by atoms with Gasteiger partial charge in [-0.2, -0.15) is 0 Å². The fourth-order valence-electron chi connectivity index (χ4n) is 3.65. The van der Waals surface area contributed by atoms with Gasteiger partial charge in [-0.25, -0.2) is 0 Å². The second-order valence-corrected chi connectivity index (χ2v) is 7.80. The van der Waals surface area contributed by atoms with Crippen LogP contribution < -0.4 is 5.32 Å². The van der Waals surface area contributed by atoms with Gasteiger partial charge in [0.05, 0.1) is 26.2 Å². The van der Waals surface area contributed by atoms with Crippen LogP contribution in [0, 0.1) is 0 Å². The maximum atomic E-state index is 12.6. The molecule has 1 amide bonds. The monoisotopic (exact) mass is 549 g/mol. The smallest absolute Gasteiger partial charge is 0.227 e. The molecule has 2 saturated heterocycles. The predicted molar refractivity (Wildman–Crippen MR) is 132 cm³/mol. The number of piperazine rings is 1. The van der Waals surface area contributed by atoms with Crippen molar-refractivity contribution in [1.29, 1.82) is 0 Å². The van der Waals surface area contributed by atoms with Crippen molar-refractivity contribution in [3.8, 4) is 0 Å². The number of ether oxygens (including phenoxy) is 1. The molecule has 1 aromatic rings. The van der Waals surface area contributed by atoms with E-state index in [2.05, 4.69) is 22.0 Å². The third-order valence-electron chi connectivity index (χ3n) is 5.29. The highest BCUT2D eigenvalue weighted by molar-refractivity contribution is 14.0. The number of hydrogen-bond donors (Lipinski definition) is 1. The first-order valence-electron chi connectivity index (χ1n) is 10.5. The maximum absolute atomic E-state index is 12.6. The first kappa shape index (κ1) is 25.2. The minimum Gasteiger partial charge on any atom is -0.379 e. The van der Waals surface area contributed by atoms with E-state index in [0.717, 1.165) is 70.6 Å². The van der Waals surface area contributed by atoms with Gasteiger partial charge in [0.2, 0.25) is 5.91 Å². The Hall–Kier alpha value is -1.10. The minimum absolute atomic E-state index is 0. The van der Waals surface area contributed by atoms with Gasteiger partial charge in [0, 0.05) is 57.4 Å². The van der Waals surface area contributed by atoms with Crippen molar-refractivity contribution >= 4 is 47.4 Å². The van der Waals surface area contributed by atoms with Crippen LogP contribution in [0.25, 0.3) is 0 Å². The molecule has 0 aliphatic carbocycles. The Kier molecular flexibility index (Phi) is 11.2. The molecule has 0 spiro atoms. The third kappa shape index (κ3) is 7.86.